The number of carbonyl (C=O) groups excluding carboxylic acids is 2. The normalized spacial score (nSPS) is 25.5. The highest BCUT2D eigenvalue weighted by Gasteiger charge is 2.49. The molecular weight excluding hydrogens is 350 g/mol. The lowest BCUT2D eigenvalue weighted by molar-refractivity contribution is -0.157. The molecule has 6 nitrogen and oxygen atoms in total. The second kappa shape index (κ2) is 6.81. The standard InChI is InChI=1S/C19H21N3O3S/c1-13-20-15(12-26-13)9-18(24)22-8-7-19(14-5-3-2-4-6-14)16(10-22)25-11-17(23)21-19/h2-6,12,16H,7-11H2,1H3,(H,21,23)/t16-,19+/m1/s1. The second-order valence-corrected chi connectivity index (χ2v) is 7.87. The summed E-state index contributed by atoms with van der Waals surface area (Å²) in [7, 11) is 0. The van der Waals surface area contributed by atoms with Gasteiger partial charge in [0.15, 0.2) is 0 Å². The molecule has 1 aromatic carbocycles. The summed E-state index contributed by atoms with van der Waals surface area (Å²) in [6, 6.07) is 9.90. The van der Waals surface area contributed by atoms with Gasteiger partial charge in [-0.25, -0.2) is 4.98 Å². The number of fused-ring (bicyclic) bond motifs is 1. The highest BCUT2D eigenvalue weighted by atomic mass is 32.1. The van der Waals surface area contributed by atoms with Gasteiger partial charge in [-0.2, -0.15) is 0 Å². The third-order valence-electron chi connectivity index (χ3n) is 5.13. The average Bonchev–Trinajstić information content (AvgIpc) is 3.06. The molecule has 0 bridgehead atoms. The molecule has 136 valence electrons. The van der Waals surface area contributed by atoms with E-state index in [0.717, 1.165) is 16.3 Å². The van der Waals surface area contributed by atoms with Crippen LogP contribution in [0.2, 0.25) is 0 Å². The number of likely N-dealkylation sites (tertiary alicyclic amines) is 1. The van der Waals surface area contributed by atoms with Gasteiger partial charge in [-0.1, -0.05) is 30.3 Å². The lowest BCUT2D eigenvalue weighted by Gasteiger charge is -2.50. The van der Waals surface area contributed by atoms with E-state index in [9.17, 15) is 9.59 Å². The van der Waals surface area contributed by atoms with Crippen molar-refractivity contribution in [3.05, 3.63) is 52.0 Å². The minimum Gasteiger partial charge on any atom is -0.364 e. The third-order valence-corrected chi connectivity index (χ3v) is 5.95. The Balaban J connectivity index is 1.53. The van der Waals surface area contributed by atoms with Crippen LogP contribution in [0.15, 0.2) is 35.7 Å². The van der Waals surface area contributed by atoms with Crippen LogP contribution in [0.25, 0.3) is 0 Å². The summed E-state index contributed by atoms with van der Waals surface area (Å²) < 4.78 is 5.87. The van der Waals surface area contributed by atoms with Gasteiger partial charge < -0.3 is 15.0 Å². The number of hydrogen-bond donors (Lipinski definition) is 1. The molecule has 0 saturated carbocycles. The van der Waals surface area contributed by atoms with Crippen LogP contribution in [0.1, 0.15) is 22.7 Å². The highest BCUT2D eigenvalue weighted by Crippen LogP contribution is 2.37. The summed E-state index contributed by atoms with van der Waals surface area (Å²) in [5.41, 5.74) is 1.28. The SMILES string of the molecule is Cc1nc(CC(=O)N2CC[C@@]3(c4ccccc4)NC(=O)CO[C@@H]3C2)cs1. The first kappa shape index (κ1) is 17.2. The first-order valence-corrected chi connectivity index (χ1v) is 9.62. The smallest absolute Gasteiger partial charge is 0.246 e. The zero-order chi connectivity index (χ0) is 18.1. The topological polar surface area (TPSA) is 71.5 Å². The Morgan fingerprint density at radius 3 is 2.96 bits per heavy atom. The molecule has 4 rings (SSSR count). The summed E-state index contributed by atoms with van der Waals surface area (Å²) in [5.74, 6) is -0.0553. The number of piperidine rings is 1. The summed E-state index contributed by atoms with van der Waals surface area (Å²) in [6.45, 7) is 3.02. The number of benzene rings is 1. The Morgan fingerprint density at radius 1 is 1.42 bits per heavy atom. The van der Waals surface area contributed by atoms with Crippen molar-refractivity contribution in [2.24, 2.45) is 0 Å². The maximum Gasteiger partial charge on any atom is 0.246 e. The van der Waals surface area contributed by atoms with Crippen molar-refractivity contribution in [1.82, 2.24) is 15.2 Å². The van der Waals surface area contributed by atoms with E-state index in [1.807, 2.05) is 47.5 Å². The summed E-state index contributed by atoms with van der Waals surface area (Å²) >= 11 is 1.55. The van der Waals surface area contributed by atoms with E-state index in [0.29, 0.717) is 25.9 Å². The zero-order valence-electron chi connectivity index (χ0n) is 14.6. The van der Waals surface area contributed by atoms with Gasteiger partial charge in [-0.05, 0) is 18.9 Å². The summed E-state index contributed by atoms with van der Waals surface area (Å²) in [5, 5.41) is 6.05. The first-order chi connectivity index (χ1) is 12.6. The van der Waals surface area contributed by atoms with Crippen LogP contribution >= 0.6 is 11.3 Å². The van der Waals surface area contributed by atoms with Crippen LogP contribution in [-0.4, -0.2) is 47.5 Å². The number of ether oxygens (including phenoxy) is 1. The number of amides is 2. The molecule has 1 aromatic heterocycles. The number of aryl methyl sites for hydroxylation is 1. The van der Waals surface area contributed by atoms with Gasteiger partial charge in [0, 0.05) is 18.5 Å². The van der Waals surface area contributed by atoms with Gasteiger partial charge in [0.1, 0.15) is 12.7 Å². The number of hydrogen-bond acceptors (Lipinski definition) is 5. The highest BCUT2D eigenvalue weighted by molar-refractivity contribution is 7.09. The Bertz CT molecular complexity index is 822. The number of rotatable bonds is 3. The van der Waals surface area contributed by atoms with Crippen LogP contribution in [0.3, 0.4) is 0 Å². The van der Waals surface area contributed by atoms with Gasteiger partial charge in [0.05, 0.1) is 22.7 Å². The van der Waals surface area contributed by atoms with E-state index in [-0.39, 0.29) is 24.5 Å². The first-order valence-electron chi connectivity index (χ1n) is 8.74. The van der Waals surface area contributed by atoms with Crippen molar-refractivity contribution in [2.75, 3.05) is 19.7 Å². The average molecular weight is 371 g/mol. The Kier molecular flexibility index (Phi) is 4.50. The van der Waals surface area contributed by atoms with Crippen molar-refractivity contribution >= 4 is 23.2 Å². The molecule has 2 amide bonds. The zero-order valence-corrected chi connectivity index (χ0v) is 15.4. The maximum atomic E-state index is 12.7. The fourth-order valence-corrected chi connectivity index (χ4v) is 4.45. The molecule has 2 fully saturated rings. The molecule has 2 aliphatic heterocycles. The quantitative estimate of drug-likeness (QED) is 0.890. The molecule has 7 heteroatoms. The number of nitrogens with zero attached hydrogens (tertiary/aromatic N) is 2. The van der Waals surface area contributed by atoms with Gasteiger partial charge >= 0.3 is 0 Å². The fraction of sp³-hybridized carbons (Fsp3) is 0.421. The minimum absolute atomic E-state index is 0.0343. The second-order valence-electron chi connectivity index (χ2n) is 6.81. The van der Waals surface area contributed by atoms with Gasteiger partial charge in [0.2, 0.25) is 11.8 Å². The van der Waals surface area contributed by atoms with Crippen molar-refractivity contribution in [3.63, 3.8) is 0 Å². The molecule has 0 unspecified atom stereocenters. The van der Waals surface area contributed by atoms with E-state index >= 15 is 0 Å². The van der Waals surface area contributed by atoms with Crippen molar-refractivity contribution in [1.29, 1.82) is 0 Å². The fourth-order valence-electron chi connectivity index (χ4n) is 3.84. The molecule has 2 atom stereocenters. The molecule has 0 spiro atoms. The van der Waals surface area contributed by atoms with E-state index < -0.39 is 5.54 Å². The van der Waals surface area contributed by atoms with Crippen LogP contribution in [0.5, 0.6) is 0 Å². The monoisotopic (exact) mass is 371 g/mol. The molecule has 26 heavy (non-hydrogen) atoms. The Labute approximate surface area is 156 Å². The number of morpholine rings is 1. The molecule has 2 saturated heterocycles. The van der Waals surface area contributed by atoms with E-state index in [4.69, 9.17) is 4.74 Å². The van der Waals surface area contributed by atoms with Crippen molar-refractivity contribution in [2.45, 2.75) is 31.4 Å². The predicted octanol–water partition coefficient (Wildman–Crippen LogP) is 1.64. The molecule has 2 aromatic rings. The molecule has 2 aliphatic rings. The van der Waals surface area contributed by atoms with E-state index in [1.54, 1.807) is 11.3 Å². The molecule has 0 radical (unpaired) electrons. The summed E-state index contributed by atoms with van der Waals surface area (Å²) in [4.78, 5) is 30.9. The number of nitrogens with one attached hydrogen (secondary N) is 1. The Morgan fingerprint density at radius 2 is 2.23 bits per heavy atom. The minimum atomic E-state index is -0.565. The lowest BCUT2D eigenvalue weighted by Crippen LogP contribution is -2.67. The molecule has 1 N–H and O–H groups in total. The van der Waals surface area contributed by atoms with E-state index in [2.05, 4.69) is 10.3 Å². The molecule has 0 aliphatic carbocycles. The van der Waals surface area contributed by atoms with E-state index in [1.165, 1.54) is 0 Å². The van der Waals surface area contributed by atoms with Gasteiger partial charge in [0.25, 0.3) is 0 Å². The number of aromatic nitrogens is 1. The predicted molar refractivity (Wildman–Crippen MR) is 97.8 cm³/mol. The van der Waals surface area contributed by atoms with Gasteiger partial charge in [-0.15, -0.1) is 11.3 Å². The molecular formula is C19H21N3O3S. The summed E-state index contributed by atoms with van der Waals surface area (Å²) in [6.07, 6.45) is 0.689. The van der Waals surface area contributed by atoms with Crippen LogP contribution in [0.4, 0.5) is 0 Å². The third kappa shape index (κ3) is 3.12. The Hall–Kier alpha value is -2.25. The lowest BCUT2D eigenvalue weighted by atomic mass is 9.77. The van der Waals surface area contributed by atoms with Crippen molar-refractivity contribution in [3.8, 4) is 0 Å². The van der Waals surface area contributed by atoms with Gasteiger partial charge in [-0.3, -0.25) is 9.59 Å². The maximum absolute atomic E-state index is 12.7. The molecule has 3 heterocycles. The van der Waals surface area contributed by atoms with Crippen LogP contribution < -0.4 is 5.32 Å². The number of thiazole rings is 1. The van der Waals surface area contributed by atoms with Crippen LogP contribution in [-0.2, 0) is 26.3 Å². The van der Waals surface area contributed by atoms with Crippen LogP contribution in [0, 0.1) is 6.92 Å². The largest absolute Gasteiger partial charge is 0.364 e. The van der Waals surface area contributed by atoms with Crippen molar-refractivity contribution < 1.29 is 14.3 Å². The number of carbonyl (C=O) groups is 2.